The summed E-state index contributed by atoms with van der Waals surface area (Å²) in [5, 5.41) is 25.7. The van der Waals surface area contributed by atoms with Crippen molar-refractivity contribution in [1.82, 2.24) is 14.9 Å². The highest BCUT2D eigenvalue weighted by Crippen LogP contribution is 2.20. The maximum atomic E-state index is 13.1. The van der Waals surface area contributed by atoms with Gasteiger partial charge in [0.25, 0.3) is 6.43 Å². The Morgan fingerprint density at radius 2 is 2.00 bits per heavy atom. The molecule has 0 unspecified atom stereocenters. The first-order valence-corrected chi connectivity index (χ1v) is 11.3. The summed E-state index contributed by atoms with van der Waals surface area (Å²) in [7, 11) is 0. The van der Waals surface area contributed by atoms with Crippen molar-refractivity contribution in [1.29, 1.82) is 0 Å². The summed E-state index contributed by atoms with van der Waals surface area (Å²) >= 11 is 0. The van der Waals surface area contributed by atoms with Crippen LogP contribution in [-0.2, 0) is 12.8 Å². The van der Waals surface area contributed by atoms with E-state index in [1.807, 2.05) is 0 Å². The van der Waals surface area contributed by atoms with Gasteiger partial charge in [0.15, 0.2) is 6.29 Å². The minimum atomic E-state index is -2.44. The smallest absolute Gasteiger partial charge is 0.251 e. The van der Waals surface area contributed by atoms with Gasteiger partial charge in [0.1, 0.15) is 11.6 Å². The average Bonchev–Trinajstić information content (AvgIpc) is 2.79. The van der Waals surface area contributed by atoms with E-state index in [0.717, 1.165) is 50.2 Å². The first-order chi connectivity index (χ1) is 15.5. The van der Waals surface area contributed by atoms with E-state index in [1.165, 1.54) is 5.56 Å². The van der Waals surface area contributed by atoms with Gasteiger partial charge in [-0.1, -0.05) is 12.1 Å². The van der Waals surface area contributed by atoms with E-state index in [2.05, 4.69) is 32.7 Å². The molecule has 1 aliphatic rings. The van der Waals surface area contributed by atoms with Gasteiger partial charge < -0.3 is 20.8 Å². The molecule has 0 saturated carbocycles. The summed E-state index contributed by atoms with van der Waals surface area (Å²) in [6.07, 6.45) is 2.44. The van der Waals surface area contributed by atoms with Gasteiger partial charge in [-0.25, -0.2) is 18.7 Å². The van der Waals surface area contributed by atoms with Crippen LogP contribution in [0.2, 0.25) is 0 Å². The monoisotopic (exact) mass is 449 g/mol. The standard InChI is InChI=1S/C23H33F2N5O2/c24-20(25)16-30(15-11-19(23(31)32)29-21-8-1-3-12-26-21)14-4-2-7-18-10-9-17-6-5-13-27-22(17)28-18/h1,3,8-10,12,19-20,23,31-32H,2,4-7,11,13-16H2,(H,26,29)(H,27,28)/t19-/m0/s1. The van der Waals surface area contributed by atoms with Crippen LogP contribution in [-0.4, -0.2) is 70.0 Å². The van der Waals surface area contributed by atoms with E-state index >= 15 is 0 Å². The van der Waals surface area contributed by atoms with Crippen molar-refractivity contribution in [3.05, 3.63) is 47.8 Å². The van der Waals surface area contributed by atoms with Gasteiger partial charge in [-0.05, 0) is 68.8 Å². The second kappa shape index (κ2) is 12.6. The van der Waals surface area contributed by atoms with Crippen molar-refractivity contribution < 1.29 is 19.0 Å². The third-order valence-corrected chi connectivity index (χ3v) is 5.62. The van der Waals surface area contributed by atoms with Gasteiger partial charge in [-0.15, -0.1) is 0 Å². The van der Waals surface area contributed by atoms with Gasteiger partial charge in [0, 0.05) is 25.0 Å². The fourth-order valence-corrected chi connectivity index (χ4v) is 3.89. The molecule has 4 N–H and O–H groups in total. The second-order valence-electron chi connectivity index (χ2n) is 8.16. The van der Waals surface area contributed by atoms with Crippen molar-refractivity contribution in [2.24, 2.45) is 0 Å². The van der Waals surface area contributed by atoms with Crippen molar-refractivity contribution in [3.63, 3.8) is 0 Å². The third-order valence-electron chi connectivity index (χ3n) is 5.62. The highest BCUT2D eigenvalue weighted by Gasteiger charge is 2.20. The summed E-state index contributed by atoms with van der Waals surface area (Å²) < 4.78 is 26.1. The number of hydrogen-bond acceptors (Lipinski definition) is 7. The van der Waals surface area contributed by atoms with E-state index in [9.17, 15) is 19.0 Å². The number of alkyl halides is 2. The number of rotatable bonds is 13. The zero-order valence-corrected chi connectivity index (χ0v) is 18.3. The third kappa shape index (κ3) is 7.96. The number of pyridine rings is 2. The zero-order chi connectivity index (χ0) is 22.8. The first-order valence-electron chi connectivity index (χ1n) is 11.3. The molecule has 0 aromatic carbocycles. The molecule has 32 heavy (non-hydrogen) atoms. The number of aliphatic hydroxyl groups is 2. The molecule has 3 heterocycles. The lowest BCUT2D eigenvalue weighted by Gasteiger charge is -2.26. The van der Waals surface area contributed by atoms with E-state index in [0.29, 0.717) is 25.3 Å². The second-order valence-corrected chi connectivity index (χ2v) is 8.16. The summed E-state index contributed by atoms with van der Waals surface area (Å²) in [6, 6.07) is 8.75. The Balaban J connectivity index is 1.45. The minimum Gasteiger partial charge on any atom is -0.370 e. The van der Waals surface area contributed by atoms with E-state index in [-0.39, 0.29) is 6.54 Å². The Morgan fingerprint density at radius 1 is 1.12 bits per heavy atom. The molecule has 0 radical (unpaired) electrons. The Kier molecular flexibility index (Phi) is 9.58. The van der Waals surface area contributed by atoms with Gasteiger partial charge in [0.2, 0.25) is 0 Å². The van der Waals surface area contributed by atoms with E-state index in [1.54, 1.807) is 29.3 Å². The molecule has 0 fully saturated rings. The van der Waals surface area contributed by atoms with Crippen LogP contribution in [0, 0.1) is 0 Å². The van der Waals surface area contributed by atoms with Crippen molar-refractivity contribution in [2.45, 2.75) is 57.3 Å². The first kappa shape index (κ1) is 24.3. The molecule has 0 spiro atoms. The molecule has 1 aliphatic heterocycles. The predicted molar refractivity (Wildman–Crippen MR) is 121 cm³/mol. The van der Waals surface area contributed by atoms with Gasteiger partial charge in [-0.3, -0.25) is 4.90 Å². The number of aryl methyl sites for hydroxylation is 2. The van der Waals surface area contributed by atoms with Crippen LogP contribution >= 0.6 is 0 Å². The van der Waals surface area contributed by atoms with Gasteiger partial charge >= 0.3 is 0 Å². The van der Waals surface area contributed by atoms with Crippen LogP contribution in [0.25, 0.3) is 0 Å². The molecule has 7 nitrogen and oxygen atoms in total. The fourth-order valence-electron chi connectivity index (χ4n) is 3.89. The molecular weight excluding hydrogens is 416 g/mol. The van der Waals surface area contributed by atoms with E-state index in [4.69, 9.17) is 0 Å². The van der Waals surface area contributed by atoms with Crippen LogP contribution in [0.4, 0.5) is 20.4 Å². The Bertz CT molecular complexity index is 810. The summed E-state index contributed by atoms with van der Waals surface area (Å²) in [5.41, 5.74) is 2.27. The normalized spacial score (nSPS) is 14.5. The van der Waals surface area contributed by atoms with Crippen LogP contribution in [0.1, 0.15) is 36.9 Å². The number of fused-ring (bicyclic) bond motifs is 1. The van der Waals surface area contributed by atoms with Crippen molar-refractivity contribution in [2.75, 3.05) is 36.8 Å². The SMILES string of the molecule is OC(O)[C@H](CCN(CCCCc1ccc2c(n1)NCCC2)CC(F)F)Nc1ccccn1. The number of aliphatic hydroxyl groups excluding tert-OH is 1. The molecule has 2 aromatic rings. The lowest BCUT2D eigenvalue weighted by Crippen LogP contribution is -2.39. The number of aromatic nitrogens is 2. The highest BCUT2D eigenvalue weighted by atomic mass is 19.3. The van der Waals surface area contributed by atoms with E-state index < -0.39 is 18.8 Å². The number of halogens is 2. The largest absolute Gasteiger partial charge is 0.370 e. The number of hydrogen-bond donors (Lipinski definition) is 4. The maximum absolute atomic E-state index is 13.1. The van der Waals surface area contributed by atoms with Crippen molar-refractivity contribution in [3.8, 4) is 0 Å². The van der Waals surface area contributed by atoms with Gasteiger partial charge in [-0.2, -0.15) is 0 Å². The molecule has 2 aromatic heterocycles. The Hall–Kier alpha value is -2.36. The molecule has 176 valence electrons. The number of nitrogens with one attached hydrogen (secondary N) is 2. The van der Waals surface area contributed by atoms with Crippen LogP contribution < -0.4 is 10.6 Å². The lowest BCUT2D eigenvalue weighted by atomic mass is 10.1. The topological polar surface area (TPSA) is 93.5 Å². The van der Waals surface area contributed by atoms with Crippen LogP contribution in [0.5, 0.6) is 0 Å². The lowest BCUT2D eigenvalue weighted by molar-refractivity contribution is -0.0564. The maximum Gasteiger partial charge on any atom is 0.251 e. The molecule has 9 heteroatoms. The Labute approximate surface area is 187 Å². The molecule has 0 amide bonds. The van der Waals surface area contributed by atoms with Gasteiger partial charge in [0.05, 0.1) is 12.6 Å². The molecule has 1 atom stereocenters. The average molecular weight is 450 g/mol. The minimum absolute atomic E-state index is 0.305. The molecule has 0 saturated heterocycles. The summed E-state index contributed by atoms with van der Waals surface area (Å²) in [6.45, 7) is 1.46. The molecular formula is C23H33F2N5O2. The molecule has 3 rings (SSSR count). The van der Waals surface area contributed by atoms with Crippen molar-refractivity contribution >= 4 is 11.6 Å². The number of unbranched alkanes of at least 4 members (excludes halogenated alkanes) is 1. The molecule has 0 aliphatic carbocycles. The quantitative estimate of drug-likeness (QED) is 0.276. The predicted octanol–water partition coefficient (Wildman–Crippen LogP) is 2.91. The fraction of sp³-hybridized carbons (Fsp3) is 0.565. The summed E-state index contributed by atoms with van der Waals surface area (Å²) in [4.78, 5) is 10.5. The summed E-state index contributed by atoms with van der Waals surface area (Å²) in [5.74, 6) is 1.49. The van der Waals surface area contributed by atoms with Crippen LogP contribution in [0.15, 0.2) is 36.5 Å². The highest BCUT2D eigenvalue weighted by molar-refractivity contribution is 5.47. The zero-order valence-electron chi connectivity index (χ0n) is 18.3. The molecule has 0 bridgehead atoms. The van der Waals surface area contributed by atoms with Crippen LogP contribution in [0.3, 0.4) is 0 Å². The number of nitrogens with zero attached hydrogens (tertiary/aromatic N) is 3. The Morgan fingerprint density at radius 3 is 2.75 bits per heavy atom. The number of anilines is 2.